The number of carboxylic acid groups (broad SMARTS) is 1. The highest BCUT2D eigenvalue weighted by Gasteiger charge is 2.09. The number of hydrogen-bond acceptors (Lipinski definition) is 3. The minimum absolute atomic E-state index is 0.0114. The third-order valence-electron chi connectivity index (χ3n) is 3.45. The fraction of sp³-hybridized carbons (Fsp3) is 0.125. The van der Waals surface area contributed by atoms with Crippen LogP contribution in [0.2, 0.25) is 0 Å². The molecular formula is C16H15N3O2. The van der Waals surface area contributed by atoms with Crippen molar-refractivity contribution in [3.05, 3.63) is 59.8 Å². The molecule has 2 aromatic carbocycles. The van der Waals surface area contributed by atoms with Gasteiger partial charge in [0.2, 0.25) is 0 Å². The van der Waals surface area contributed by atoms with Crippen LogP contribution in [0, 0.1) is 0 Å². The van der Waals surface area contributed by atoms with E-state index in [0.29, 0.717) is 12.2 Å². The Hall–Kier alpha value is -2.82. The SMILES string of the molecule is Nc1ccc2cnn(Cc3ccccc3CC(=O)O)c2c1. The molecule has 1 aromatic heterocycles. The summed E-state index contributed by atoms with van der Waals surface area (Å²) in [4.78, 5) is 10.9. The molecule has 0 aliphatic heterocycles. The van der Waals surface area contributed by atoms with Crippen LogP contribution in [-0.2, 0) is 17.8 Å². The monoisotopic (exact) mass is 281 g/mol. The smallest absolute Gasteiger partial charge is 0.307 e. The van der Waals surface area contributed by atoms with Gasteiger partial charge in [0, 0.05) is 11.1 Å². The lowest BCUT2D eigenvalue weighted by Crippen LogP contribution is -2.08. The van der Waals surface area contributed by atoms with Crippen LogP contribution >= 0.6 is 0 Å². The topological polar surface area (TPSA) is 81.1 Å². The lowest BCUT2D eigenvalue weighted by Gasteiger charge is -2.09. The molecule has 5 nitrogen and oxygen atoms in total. The molecule has 0 atom stereocenters. The highest BCUT2D eigenvalue weighted by molar-refractivity contribution is 5.81. The van der Waals surface area contributed by atoms with E-state index in [-0.39, 0.29) is 6.42 Å². The fourth-order valence-corrected chi connectivity index (χ4v) is 2.42. The summed E-state index contributed by atoms with van der Waals surface area (Å²) in [6, 6.07) is 13.2. The van der Waals surface area contributed by atoms with Crippen molar-refractivity contribution in [1.29, 1.82) is 0 Å². The zero-order chi connectivity index (χ0) is 14.8. The first-order valence-corrected chi connectivity index (χ1v) is 6.63. The largest absolute Gasteiger partial charge is 0.481 e. The highest BCUT2D eigenvalue weighted by Crippen LogP contribution is 2.19. The minimum atomic E-state index is -0.836. The number of aliphatic carboxylic acids is 1. The summed E-state index contributed by atoms with van der Waals surface area (Å²) >= 11 is 0. The van der Waals surface area contributed by atoms with E-state index >= 15 is 0 Å². The van der Waals surface area contributed by atoms with Gasteiger partial charge in [-0.1, -0.05) is 24.3 Å². The van der Waals surface area contributed by atoms with Gasteiger partial charge in [0.15, 0.2) is 0 Å². The molecule has 0 radical (unpaired) electrons. The van der Waals surface area contributed by atoms with Crippen molar-refractivity contribution in [1.82, 2.24) is 9.78 Å². The number of benzene rings is 2. The Morgan fingerprint density at radius 3 is 2.71 bits per heavy atom. The van der Waals surface area contributed by atoms with Crippen LogP contribution < -0.4 is 5.73 Å². The van der Waals surface area contributed by atoms with Gasteiger partial charge in [0.1, 0.15) is 0 Å². The van der Waals surface area contributed by atoms with E-state index in [1.54, 1.807) is 6.20 Å². The second-order valence-electron chi connectivity index (χ2n) is 4.96. The molecular weight excluding hydrogens is 266 g/mol. The van der Waals surface area contributed by atoms with Crippen molar-refractivity contribution in [3.8, 4) is 0 Å². The van der Waals surface area contributed by atoms with Crippen LogP contribution in [0.3, 0.4) is 0 Å². The number of nitrogens with zero attached hydrogens (tertiary/aromatic N) is 2. The fourth-order valence-electron chi connectivity index (χ4n) is 2.42. The average Bonchev–Trinajstić information content (AvgIpc) is 2.83. The van der Waals surface area contributed by atoms with Gasteiger partial charge < -0.3 is 10.8 Å². The number of nitrogens with two attached hydrogens (primary N) is 1. The van der Waals surface area contributed by atoms with Crippen molar-refractivity contribution in [2.75, 3.05) is 5.73 Å². The molecule has 0 bridgehead atoms. The molecule has 0 saturated heterocycles. The first-order chi connectivity index (χ1) is 10.1. The lowest BCUT2D eigenvalue weighted by atomic mass is 10.0. The van der Waals surface area contributed by atoms with Crippen LogP contribution in [0.5, 0.6) is 0 Å². The average molecular weight is 281 g/mol. The summed E-state index contributed by atoms with van der Waals surface area (Å²) in [5, 5.41) is 14.4. The maximum Gasteiger partial charge on any atom is 0.307 e. The molecule has 5 heteroatoms. The number of nitrogen functional groups attached to an aromatic ring is 1. The van der Waals surface area contributed by atoms with Gasteiger partial charge in [0.05, 0.1) is 24.7 Å². The van der Waals surface area contributed by atoms with Crippen LogP contribution in [0.15, 0.2) is 48.7 Å². The molecule has 0 fully saturated rings. The Morgan fingerprint density at radius 2 is 1.95 bits per heavy atom. The summed E-state index contributed by atoms with van der Waals surface area (Å²) in [7, 11) is 0. The number of aromatic nitrogens is 2. The van der Waals surface area contributed by atoms with Gasteiger partial charge in [-0.25, -0.2) is 0 Å². The maximum atomic E-state index is 10.9. The number of fused-ring (bicyclic) bond motifs is 1. The molecule has 3 N–H and O–H groups in total. The number of carbonyl (C=O) groups is 1. The van der Waals surface area contributed by atoms with Crippen LogP contribution in [0.1, 0.15) is 11.1 Å². The predicted octanol–water partition coefficient (Wildman–Crippen LogP) is 2.29. The second-order valence-corrected chi connectivity index (χ2v) is 4.96. The van der Waals surface area contributed by atoms with E-state index in [0.717, 1.165) is 22.0 Å². The second kappa shape index (κ2) is 5.28. The molecule has 0 unspecified atom stereocenters. The summed E-state index contributed by atoms with van der Waals surface area (Å²) in [5.74, 6) is -0.836. The van der Waals surface area contributed by atoms with E-state index in [1.807, 2.05) is 47.1 Å². The molecule has 0 amide bonds. The van der Waals surface area contributed by atoms with Gasteiger partial charge in [-0.2, -0.15) is 5.10 Å². The van der Waals surface area contributed by atoms with E-state index in [2.05, 4.69) is 5.10 Å². The Balaban J connectivity index is 1.99. The molecule has 21 heavy (non-hydrogen) atoms. The molecule has 0 aliphatic carbocycles. The molecule has 0 spiro atoms. The van der Waals surface area contributed by atoms with Crippen molar-refractivity contribution >= 4 is 22.6 Å². The summed E-state index contributed by atoms with van der Waals surface area (Å²) in [6.07, 6.45) is 1.80. The first-order valence-electron chi connectivity index (χ1n) is 6.63. The summed E-state index contributed by atoms with van der Waals surface area (Å²) < 4.78 is 1.84. The molecule has 0 saturated carbocycles. The quantitative estimate of drug-likeness (QED) is 0.719. The zero-order valence-electron chi connectivity index (χ0n) is 11.4. The summed E-state index contributed by atoms with van der Waals surface area (Å²) in [5.41, 5.74) is 9.20. The zero-order valence-corrected chi connectivity index (χ0v) is 11.4. The third kappa shape index (κ3) is 2.72. The van der Waals surface area contributed by atoms with Crippen molar-refractivity contribution in [3.63, 3.8) is 0 Å². The van der Waals surface area contributed by atoms with Gasteiger partial charge in [-0.3, -0.25) is 9.48 Å². The predicted molar refractivity (Wildman–Crippen MR) is 81.0 cm³/mol. The summed E-state index contributed by atoms with van der Waals surface area (Å²) in [6.45, 7) is 0.524. The molecule has 3 aromatic rings. The molecule has 1 heterocycles. The molecule has 106 valence electrons. The van der Waals surface area contributed by atoms with E-state index in [1.165, 1.54) is 0 Å². The van der Waals surface area contributed by atoms with Crippen LogP contribution in [0.25, 0.3) is 10.9 Å². The van der Waals surface area contributed by atoms with Gasteiger partial charge >= 0.3 is 5.97 Å². The number of carboxylic acids is 1. The highest BCUT2D eigenvalue weighted by atomic mass is 16.4. The Morgan fingerprint density at radius 1 is 1.19 bits per heavy atom. The lowest BCUT2D eigenvalue weighted by molar-refractivity contribution is -0.136. The standard InChI is InChI=1S/C16H15N3O2/c17-14-6-5-12-9-18-19(15(12)8-14)10-13-4-2-1-3-11(13)7-16(20)21/h1-6,8-9H,7,10,17H2,(H,20,21). The van der Waals surface area contributed by atoms with E-state index in [9.17, 15) is 4.79 Å². The Kier molecular flexibility index (Phi) is 3.31. The Bertz CT molecular complexity index is 808. The van der Waals surface area contributed by atoms with E-state index in [4.69, 9.17) is 10.8 Å². The van der Waals surface area contributed by atoms with Gasteiger partial charge in [-0.15, -0.1) is 0 Å². The van der Waals surface area contributed by atoms with Gasteiger partial charge in [-0.05, 0) is 29.3 Å². The number of rotatable bonds is 4. The number of hydrogen-bond donors (Lipinski definition) is 2. The van der Waals surface area contributed by atoms with Crippen LogP contribution in [-0.4, -0.2) is 20.9 Å². The van der Waals surface area contributed by atoms with E-state index < -0.39 is 5.97 Å². The van der Waals surface area contributed by atoms with Crippen molar-refractivity contribution in [2.24, 2.45) is 0 Å². The third-order valence-corrected chi connectivity index (χ3v) is 3.45. The van der Waals surface area contributed by atoms with Crippen molar-refractivity contribution < 1.29 is 9.90 Å². The van der Waals surface area contributed by atoms with Crippen molar-refractivity contribution in [2.45, 2.75) is 13.0 Å². The Labute approximate surface area is 121 Å². The first kappa shape index (κ1) is 13.2. The minimum Gasteiger partial charge on any atom is -0.481 e. The molecule has 3 rings (SSSR count). The molecule has 0 aliphatic rings. The normalized spacial score (nSPS) is 10.9. The van der Waals surface area contributed by atoms with Crippen LogP contribution in [0.4, 0.5) is 5.69 Å². The van der Waals surface area contributed by atoms with Gasteiger partial charge in [0.25, 0.3) is 0 Å². The maximum absolute atomic E-state index is 10.9. The number of anilines is 1.